The summed E-state index contributed by atoms with van der Waals surface area (Å²) in [5, 5.41) is 11.1. The second kappa shape index (κ2) is 5.24. The number of nitrogens with zero attached hydrogens (tertiary/aromatic N) is 4. The van der Waals surface area contributed by atoms with Gasteiger partial charge in [-0.15, -0.1) is 0 Å². The van der Waals surface area contributed by atoms with Crippen molar-refractivity contribution in [3.8, 4) is 11.6 Å². The fraction of sp³-hybridized carbons (Fsp3) is 0.286. The van der Waals surface area contributed by atoms with Crippen molar-refractivity contribution in [2.45, 2.75) is 26.2 Å². The van der Waals surface area contributed by atoms with Crippen molar-refractivity contribution in [2.75, 3.05) is 0 Å². The lowest BCUT2D eigenvalue weighted by atomic mass is 10.1. The maximum Gasteiger partial charge on any atom is 0.278 e. The van der Waals surface area contributed by atoms with Crippen LogP contribution >= 0.6 is 0 Å². The van der Waals surface area contributed by atoms with E-state index in [4.69, 9.17) is 4.52 Å². The van der Waals surface area contributed by atoms with Gasteiger partial charge in [0.05, 0.1) is 6.42 Å². The fourth-order valence-electron chi connectivity index (χ4n) is 1.84. The van der Waals surface area contributed by atoms with Crippen molar-refractivity contribution in [2.24, 2.45) is 0 Å². The second-order valence-electron chi connectivity index (χ2n) is 4.88. The molecule has 0 fully saturated rings. The highest BCUT2D eigenvalue weighted by Crippen LogP contribution is 2.20. The number of rotatable bonds is 4. The quantitative estimate of drug-likeness (QED) is 0.787. The molecule has 6 nitrogen and oxygen atoms in total. The minimum atomic E-state index is 0.382. The van der Waals surface area contributed by atoms with Gasteiger partial charge >= 0.3 is 0 Å². The third-order valence-corrected chi connectivity index (χ3v) is 2.97. The molecule has 1 N–H and O–H groups in total. The Morgan fingerprint density at radius 2 is 2.20 bits per heavy atom. The monoisotopic (exact) mass is 269 g/mol. The van der Waals surface area contributed by atoms with E-state index in [1.165, 1.54) is 0 Å². The molecule has 0 unspecified atom stereocenters. The summed E-state index contributed by atoms with van der Waals surface area (Å²) >= 11 is 0. The van der Waals surface area contributed by atoms with E-state index >= 15 is 0 Å². The molecule has 6 heteroatoms. The van der Waals surface area contributed by atoms with E-state index in [9.17, 15) is 0 Å². The smallest absolute Gasteiger partial charge is 0.278 e. The van der Waals surface area contributed by atoms with Crippen LogP contribution in [0.2, 0.25) is 0 Å². The van der Waals surface area contributed by atoms with E-state index < -0.39 is 0 Å². The van der Waals surface area contributed by atoms with Gasteiger partial charge in [0, 0.05) is 17.6 Å². The number of nitrogens with one attached hydrogen (secondary N) is 1. The van der Waals surface area contributed by atoms with Gasteiger partial charge in [-0.25, -0.2) is 0 Å². The third kappa shape index (κ3) is 2.59. The Balaban J connectivity index is 1.79. The van der Waals surface area contributed by atoms with E-state index in [1.54, 1.807) is 6.20 Å². The van der Waals surface area contributed by atoms with Crippen LogP contribution in [0.5, 0.6) is 0 Å². The summed E-state index contributed by atoms with van der Waals surface area (Å²) in [4.78, 5) is 8.59. The molecule has 0 radical (unpaired) electrons. The van der Waals surface area contributed by atoms with E-state index in [2.05, 4.69) is 39.2 Å². The first kappa shape index (κ1) is 12.5. The van der Waals surface area contributed by atoms with Gasteiger partial charge in [-0.05, 0) is 24.1 Å². The van der Waals surface area contributed by atoms with Crippen molar-refractivity contribution in [1.29, 1.82) is 0 Å². The average molecular weight is 269 g/mol. The second-order valence-corrected chi connectivity index (χ2v) is 4.88. The molecule has 0 aliphatic rings. The largest absolute Gasteiger partial charge is 0.332 e. The minimum Gasteiger partial charge on any atom is -0.332 e. The first-order chi connectivity index (χ1) is 9.72. The number of pyridine rings is 1. The van der Waals surface area contributed by atoms with Crippen molar-refractivity contribution in [3.63, 3.8) is 0 Å². The van der Waals surface area contributed by atoms with Gasteiger partial charge in [-0.3, -0.25) is 10.1 Å². The molecule has 20 heavy (non-hydrogen) atoms. The summed E-state index contributed by atoms with van der Waals surface area (Å²) in [7, 11) is 0. The minimum absolute atomic E-state index is 0.382. The lowest BCUT2D eigenvalue weighted by Gasteiger charge is -1.95. The lowest BCUT2D eigenvalue weighted by molar-refractivity contribution is 0.422. The number of H-pyrrole nitrogens is 1. The molecule has 0 amide bonds. The Morgan fingerprint density at radius 1 is 1.30 bits per heavy atom. The maximum atomic E-state index is 5.24. The molecular formula is C14H15N5O. The van der Waals surface area contributed by atoms with Gasteiger partial charge in [0.1, 0.15) is 0 Å². The van der Waals surface area contributed by atoms with Crippen molar-refractivity contribution in [1.82, 2.24) is 25.3 Å². The SMILES string of the molecule is CC(C)c1cc(-c2nc(Cc3ccccn3)no2)n[nH]1. The molecule has 0 saturated carbocycles. The summed E-state index contributed by atoms with van der Waals surface area (Å²) in [5.74, 6) is 1.42. The van der Waals surface area contributed by atoms with Crippen molar-refractivity contribution >= 4 is 0 Å². The summed E-state index contributed by atoms with van der Waals surface area (Å²) in [6, 6.07) is 7.68. The summed E-state index contributed by atoms with van der Waals surface area (Å²) < 4.78 is 5.24. The zero-order valence-electron chi connectivity index (χ0n) is 11.4. The van der Waals surface area contributed by atoms with Crippen molar-refractivity contribution in [3.05, 3.63) is 47.7 Å². The van der Waals surface area contributed by atoms with Crippen LogP contribution in [0.25, 0.3) is 11.6 Å². The highest BCUT2D eigenvalue weighted by atomic mass is 16.5. The van der Waals surface area contributed by atoms with Crippen LogP contribution in [0.3, 0.4) is 0 Å². The van der Waals surface area contributed by atoms with Gasteiger partial charge in [0.2, 0.25) is 0 Å². The number of aromatic nitrogens is 5. The average Bonchev–Trinajstić information content (AvgIpc) is 3.08. The highest BCUT2D eigenvalue weighted by molar-refractivity contribution is 5.47. The molecular weight excluding hydrogens is 254 g/mol. The molecule has 0 atom stereocenters. The van der Waals surface area contributed by atoms with Crippen LogP contribution in [-0.4, -0.2) is 25.3 Å². The molecule has 0 saturated heterocycles. The van der Waals surface area contributed by atoms with Gasteiger partial charge in [0.15, 0.2) is 11.5 Å². The number of hydrogen-bond acceptors (Lipinski definition) is 5. The molecule has 3 rings (SSSR count). The molecule has 102 valence electrons. The number of aromatic amines is 1. The molecule has 0 aromatic carbocycles. The normalized spacial score (nSPS) is 11.2. The maximum absolute atomic E-state index is 5.24. The van der Waals surface area contributed by atoms with Crippen LogP contribution in [0.1, 0.15) is 37.0 Å². The molecule has 3 aromatic rings. The van der Waals surface area contributed by atoms with Gasteiger partial charge < -0.3 is 4.52 Å². The first-order valence-electron chi connectivity index (χ1n) is 6.50. The fourth-order valence-corrected chi connectivity index (χ4v) is 1.84. The molecule has 0 aliphatic heterocycles. The molecule has 0 aliphatic carbocycles. The Bertz CT molecular complexity index is 686. The van der Waals surface area contributed by atoms with Crippen LogP contribution in [0.4, 0.5) is 0 Å². The Morgan fingerprint density at radius 3 is 2.90 bits per heavy atom. The highest BCUT2D eigenvalue weighted by Gasteiger charge is 2.14. The first-order valence-corrected chi connectivity index (χ1v) is 6.50. The zero-order chi connectivity index (χ0) is 13.9. The van der Waals surface area contributed by atoms with Gasteiger partial charge in [-0.2, -0.15) is 10.1 Å². The van der Waals surface area contributed by atoms with Crippen molar-refractivity contribution < 1.29 is 4.52 Å². The van der Waals surface area contributed by atoms with E-state index in [0.717, 1.165) is 11.4 Å². The zero-order valence-corrected chi connectivity index (χ0v) is 11.4. The predicted molar refractivity (Wildman–Crippen MR) is 73.0 cm³/mol. The van der Waals surface area contributed by atoms with E-state index in [0.29, 0.717) is 29.7 Å². The van der Waals surface area contributed by atoms with Crippen LogP contribution < -0.4 is 0 Å². The molecule has 3 heterocycles. The summed E-state index contributed by atoms with van der Waals surface area (Å²) in [6.45, 7) is 4.19. The van der Waals surface area contributed by atoms with Gasteiger partial charge in [-0.1, -0.05) is 25.1 Å². The Hall–Kier alpha value is -2.50. The molecule has 0 spiro atoms. The third-order valence-electron chi connectivity index (χ3n) is 2.97. The van der Waals surface area contributed by atoms with Crippen LogP contribution in [0.15, 0.2) is 35.0 Å². The lowest BCUT2D eigenvalue weighted by Crippen LogP contribution is -1.93. The predicted octanol–water partition coefficient (Wildman–Crippen LogP) is 2.57. The molecule has 3 aromatic heterocycles. The van der Waals surface area contributed by atoms with Crippen LogP contribution in [0, 0.1) is 0 Å². The summed E-state index contributed by atoms with van der Waals surface area (Å²) in [6.07, 6.45) is 2.30. The van der Waals surface area contributed by atoms with Gasteiger partial charge in [0.25, 0.3) is 5.89 Å². The van der Waals surface area contributed by atoms with E-state index in [1.807, 2.05) is 24.3 Å². The van der Waals surface area contributed by atoms with E-state index in [-0.39, 0.29) is 0 Å². The Labute approximate surface area is 116 Å². The van der Waals surface area contributed by atoms with Crippen LogP contribution in [-0.2, 0) is 6.42 Å². The topological polar surface area (TPSA) is 80.5 Å². The summed E-state index contributed by atoms with van der Waals surface area (Å²) in [5.41, 5.74) is 2.63. The molecule has 0 bridgehead atoms. The standard InChI is InChI=1S/C14H15N5O/c1-9(2)11-8-12(18-17-11)14-16-13(19-20-14)7-10-5-3-4-6-15-10/h3-6,8-9H,7H2,1-2H3,(H,17,18). The Kier molecular flexibility index (Phi) is 3.28. The number of hydrogen-bond donors (Lipinski definition) is 1.